The lowest BCUT2D eigenvalue weighted by atomic mass is 10.2. The summed E-state index contributed by atoms with van der Waals surface area (Å²) in [6.45, 7) is 11.9. The van der Waals surface area contributed by atoms with Gasteiger partial charge in [0.15, 0.2) is 0 Å². The minimum absolute atomic E-state index is 0.204. The van der Waals surface area contributed by atoms with Gasteiger partial charge in [-0.1, -0.05) is 6.92 Å². The van der Waals surface area contributed by atoms with E-state index < -0.39 is 0 Å². The number of hydrogen-bond acceptors (Lipinski definition) is 3. The van der Waals surface area contributed by atoms with Crippen LogP contribution >= 0.6 is 0 Å². The van der Waals surface area contributed by atoms with Crippen LogP contribution < -0.4 is 0 Å². The topological polar surface area (TPSA) is 26.7 Å². The second-order valence-corrected chi connectivity index (χ2v) is 3.74. The van der Waals surface area contributed by atoms with Crippen molar-refractivity contribution in [3.63, 3.8) is 0 Å². The normalized spacial score (nSPS) is 23.3. The summed E-state index contributed by atoms with van der Waals surface area (Å²) in [7, 11) is 0. The molecule has 1 aliphatic rings. The van der Waals surface area contributed by atoms with E-state index in [9.17, 15) is 0 Å². The van der Waals surface area contributed by atoms with E-state index in [-0.39, 0.29) is 6.10 Å². The van der Waals surface area contributed by atoms with E-state index in [1.165, 1.54) is 0 Å². The van der Waals surface area contributed by atoms with Gasteiger partial charge in [-0.3, -0.25) is 4.90 Å². The molecular weight excluding hydrogens is 164 g/mol. The Hall–Kier alpha value is -0.120. The Balaban J connectivity index is 2.10. The standard InChI is InChI=1S/C10H21N2O/c1-3-11-6-8-12(9-7-11)5-4-10(2)13/h5,10,13H,3-4,6-9H2,1-2H3. The van der Waals surface area contributed by atoms with Crippen LogP contribution in [0.5, 0.6) is 0 Å². The van der Waals surface area contributed by atoms with Crippen LogP contribution in [0.4, 0.5) is 0 Å². The van der Waals surface area contributed by atoms with Crippen LogP contribution in [0.25, 0.3) is 0 Å². The quantitative estimate of drug-likeness (QED) is 0.693. The molecular formula is C10H21N2O. The molecule has 0 spiro atoms. The highest BCUT2D eigenvalue weighted by atomic mass is 16.3. The zero-order valence-corrected chi connectivity index (χ0v) is 8.74. The molecule has 1 N–H and O–H groups in total. The van der Waals surface area contributed by atoms with E-state index in [4.69, 9.17) is 5.11 Å². The second kappa shape index (κ2) is 5.58. The fourth-order valence-electron chi connectivity index (χ4n) is 1.56. The lowest BCUT2D eigenvalue weighted by Crippen LogP contribution is -2.45. The van der Waals surface area contributed by atoms with E-state index in [0.29, 0.717) is 0 Å². The van der Waals surface area contributed by atoms with Crippen LogP contribution in [-0.2, 0) is 0 Å². The molecule has 1 heterocycles. The number of rotatable bonds is 4. The van der Waals surface area contributed by atoms with Crippen molar-refractivity contribution < 1.29 is 5.11 Å². The molecule has 0 aliphatic carbocycles. The lowest BCUT2D eigenvalue weighted by molar-refractivity contribution is 0.136. The number of piperazine rings is 1. The fraction of sp³-hybridized carbons (Fsp3) is 0.900. The van der Waals surface area contributed by atoms with Crippen LogP contribution in [0.15, 0.2) is 0 Å². The van der Waals surface area contributed by atoms with E-state index in [0.717, 1.165) is 39.1 Å². The largest absolute Gasteiger partial charge is 0.393 e. The maximum Gasteiger partial charge on any atom is 0.0527 e. The molecule has 1 unspecified atom stereocenters. The number of aliphatic hydroxyl groups is 1. The van der Waals surface area contributed by atoms with E-state index in [2.05, 4.69) is 23.3 Å². The van der Waals surface area contributed by atoms with Gasteiger partial charge >= 0.3 is 0 Å². The van der Waals surface area contributed by atoms with E-state index in [1.807, 2.05) is 6.92 Å². The van der Waals surface area contributed by atoms with Crippen molar-refractivity contribution in [3.8, 4) is 0 Å². The summed E-state index contributed by atoms with van der Waals surface area (Å²) < 4.78 is 0. The van der Waals surface area contributed by atoms with Crippen molar-refractivity contribution >= 4 is 0 Å². The Morgan fingerprint density at radius 2 is 1.92 bits per heavy atom. The van der Waals surface area contributed by atoms with Crippen molar-refractivity contribution in [2.45, 2.75) is 26.4 Å². The Bertz CT molecular complexity index is 131. The maximum atomic E-state index is 9.11. The molecule has 1 fully saturated rings. The number of likely N-dealkylation sites (N-methyl/N-ethyl adjacent to an activating group) is 1. The van der Waals surface area contributed by atoms with Crippen LogP contribution in [0.2, 0.25) is 0 Å². The molecule has 0 aromatic heterocycles. The Morgan fingerprint density at radius 1 is 1.31 bits per heavy atom. The molecule has 0 amide bonds. The molecule has 0 bridgehead atoms. The minimum Gasteiger partial charge on any atom is -0.393 e. The molecule has 0 aromatic rings. The van der Waals surface area contributed by atoms with Gasteiger partial charge in [0.2, 0.25) is 0 Å². The Labute approximate surface area is 81.3 Å². The van der Waals surface area contributed by atoms with Crippen molar-refractivity contribution in [3.05, 3.63) is 6.54 Å². The first-order chi connectivity index (χ1) is 6.22. The SMILES string of the molecule is CCN1CCN([CH]CC(C)O)CC1. The minimum atomic E-state index is -0.204. The predicted molar refractivity (Wildman–Crippen MR) is 54.3 cm³/mol. The molecule has 3 heteroatoms. The molecule has 1 atom stereocenters. The molecule has 1 aliphatic heterocycles. The highest BCUT2D eigenvalue weighted by molar-refractivity contribution is 4.77. The first kappa shape index (κ1) is 11.0. The fourth-order valence-corrected chi connectivity index (χ4v) is 1.56. The second-order valence-electron chi connectivity index (χ2n) is 3.74. The van der Waals surface area contributed by atoms with Gasteiger partial charge in [-0.15, -0.1) is 0 Å². The van der Waals surface area contributed by atoms with Crippen LogP contribution in [-0.4, -0.2) is 53.7 Å². The lowest BCUT2D eigenvalue weighted by Gasteiger charge is -2.33. The van der Waals surface area contributed by atoms with Gasteiger partial charge in [0, 0.05) is 32.7 Å². The monoisotopic (exact) mass is 185 g/mol. The third-order valence-electron chi connectivity index (χ3n) is 2.56. The zero-order chi connectivity index (χ0) is 9.68. The summed E-state index contributed by atoms with van der Waals surface area (Å²) in [5.41, 5.74) is 0. The number of aliphatic hydroxyl groups excluding tert-OH is 1. The molecule has 0 saturated carbocycles. The van der Waals surface area contributed by atoms with Gasteiger partial charge in [-0.25, -0.2) is 0 Å². The predicted octanol–water partition coefficient (Wildman–Crippen LogP) is 0.557. The molecule has 0 aromatic carbocycles. The Morgan fingerprint density at radius 3 is 2.38 bits per heavy atom. The van der Waals surface area contributed by atoms with Gasteiger partial charge in [-0.05, 0) is 19.9 Å². The summed E-state index contributed by atoms with van der Waals surface area (Å²) in [6, 6.07) is 0. The molecule has 3 nitrogen and oxygen atoms in total. The average Bonchev–Trinajstić information content (AvgIpc) is 2.15. The molecule has 13 heavy (non-hydrogen) atoms. The van der Waals surface area contributed by atoms with Crippen molar-refractivity contribution in [1.82, 2.24) is 9.80 Å². The van der Waals surface area contributed by atoms with Gasteiger partial charge in [0.05, 0.1) is 6.10 Å². The third-order valence-corrected chi connectivity index (χ3v) is 2.56. The van der Waals surface area contributed by atoms with Gasteiger partial charge in [0.1, 0.15) is 0 Å². The highest BCUT2D eigenvalue weighted by Crippen LogP contribution is 2.06. The summed E-state index contributed by atoms with van der Waals surface area (Å²) in [6.07, 6.45) is 0.579. The van der Waals surface area contributed by atoms with Gasteiger partial charge in [-0.2, -0.15) is 0 Å². The average molecular weight is 185 g/mol. The smallest absolute Gasteiger partial charge is 0.0527 e. The van der Waals surface area contributed by atoms with Crippen LogP contribution in [0.1, 0.15) is 20.3 Å². The summed E-state index contributed by atoms with van der Waals surface area (Å²) in [5, 5.41) is 9.11. The number of hydrogen-bond donors (Lipinski definition) is 1. The number of nitrogens with zero attached hydrogens (tertiary/aromatic N) is 2. The third kappa shape index (κ3) is 4.07. The van der Waals surface area contributed by atoms with Crippen molar-refractivity contribution in [2.24, 2.45) is 0 Å². The van der Waals surface area contributed by atoms with E-state index >= 15 is 0 Å². The molecule has 1 saturated heterocycles. The Kier molecular flexibility index (Phi) is 4.70. The maximum absolute atomic E-state index is 9.11. The summed E-state index contributed by atoms with van der Waals surface area (Å²) in [4.78, 5) is 4.77. The van der Waals surface area contributed by atoms with Gasteiger partial charge < -0.3 is 10.0 Å². The first-order valence-electron chi connectivity index (χ1n) is 5.20. The first-order valence-corrected chi connectivity index (χ1v) is 5.20. The summed E-state index contributed by atoms with van der Waals surface area (Å²) in [5.74, 6) is 0. The highest BCUT2D eigenvalue weighted by Gasteiger charge is 2.15. The van der Waals surface area contributed by atoms with E-state index in [1.54, 1.807) is 0 Å². The molecule has 1 radical (unpaired) electrons. The summed E-state index contributed by atoms with van der Waals surface area (Å²) >= 11 is 0. The van der Waals surface area contributed by atoms with Crippen molar-refractivity contribution in [1.29, 1.82) is 0 Å². The molecule has 77 valence electrons. The van der Waals surface area contributed by atoms with Gasteiger partial charge in [0.25, 0.3) is 0 Å². The molecule has 1 rings (SSSR count). The van der Waals surface area contributed by atoms with Crippen molar-refractivity contribution in [2.75, 3.05) is 32.7 Å². The zero-order valence-electron chi connectivity index (χ0n) is 8.74. The van der Waals surface area contributed by atoms with Crippen LogP contribution in [0, 0.1) is 6.54 Å². The van der Waals surface area contributed by atoms with Crippen LogP contribution in [0.3, 0.4) is 0 Å².